The van der Waals surface area contributed by atoms with Gasteiger partial charge in [-0.05, 0) is 44.2 Å². The molecule has 32 heavy (non-hydrogen) atoms. The highest BCUT2D eigenvalue weighted by molar-refractivity contribution is 7.90. The highest BCUT2D eigenvalue weighted by Gasteiger charge is 2.32. The molecular formula is C20H20ClN5O5S. The van der Waals surface area contributed by atoms with Crippen molar-refractivity contribution in [3.63, 3.8) is 0 Å². The number of carbonyl (C=O) groups is 2. The molecule has 1 aliphatic rings. The number of benzene rings is 1. The Kier molecular flexibility index (Phi) is 6.86. The summed E-state index contributed by atoms with van der Waals surface area (Å²) in [6.07, 6.45) is 0. The van der Waals surface area contributed by atoms with Crippen molar-refractivity contribution in [3.8, 4) is 6.07 Å². The number of urea groups is 1. The van der Waals surface area contributed by atoms with E-state index in [0.29, 0.717) is 29.6 Å². The first-order chi connectivity index (χ1) is 15.1. The SMILES string of the molecule is CCOC(=O)c1cc(C#N)c(N2CC(NC(=O)NS(=O)(=O)c3ccc(Cl)cc3)C2)nc1C. The molecule has 0 atom stereocenters. The quantitative estimate of drug-likeness (QED) is 0.601. The van der Waals surface area contributed by atoms with Gasteiger partial charge in [-0.15, -0.1) is 0 Å². The first kappa shape index (κ1) is 23.3. The van der Waals surface area contributed by atoms with Crippen LogP contribution in [0.2, 0.25) is 5.02 Å². The van der Waals surface area contributed by atoms with E-state index in [-0.39, 0.29) is 28.7 Å². The van der Waals surface area contributed by atoms with Crippen LogP contribution in [0.25, 0.3) is 0 Å². The van der Waals surface area contributed by atoms with Crippen LogP contribution in [-0.2, 0) is 14.8 Å². The summed E-state index contributed by atoms with van der Waals surface area (Å²) in [5.41, 5.74) is 0.835. The van der Waals surface area contributed by atoms with Gasteiger partial charge in [-0.3, -0.25) is 0 Å². The van der Waals surface area contributed by atoms with Crippen molar-refractivity contribution in [2.45, 2.75) is 24.8 Å². The molecule has 0 bridgehead atoms. The molecule has 1 aliphatic heterocycles. The first-order valence-electron chi connectivity index (χ1n) is 9.57. The van der Waals surface area contributed by atoms with E-state index in [0.717, 1.165) is 0 Å². The standard InChI is InChI=1S/C20H20ClN5O5S/c1-3-31-19(27)17-8-13(9-22)18(23-12(17)2)26-10-15(11-26)24-20(28)25-32(29,30)16-6-4-14(21)5-7-16/h4-8,15H,3,10-11H2,1-2H3,(H2,24,25,28). The first-order valence-corrected chi connectivity index (χ1v) is 11.4. The van der Waals surface area contributed by atoms with Gasteiger partial charge in [-0.2, -0.15) is 5.26 Å². The number of nitriles is 1. The Hall–Kier alpha value is -3.36. The highest BCUT2D eigenvalue weighted by Crippen LogP contribution is 2.25. The lowest BCUT2D eigenvalue weighted by molar-refractivity contribution is 0.0525. The largest absolute Gasteiger partial charge is 0.462 e. The molecule has 168 valence electrons. The maximum atomic E-state index is 12.3. The Morgan fingerprint density at radius 2 is 1.97 bits per heavy atom. The van der Waals surface area contributed by atoms with Crippen LogP contribution >= 0.6 is 11.6 Å². The number of nitrogens with zero attached hydrogens (tertiary/aromatic N) is 3. The fourth-order valence-electron chi connectivity index (χ4n) is 3.08. The van der Waals surface area contributed by atoms with Gasteiger partial charge in [0.2, 0.25) is 0 Å². The minimum atomic E-state index is -4.04. The summed E-state index contributed by atoms with van der Waals surface area (Å²) in [5.74, 6) is -0.174. The topological polar surface area (TPSA) is 141 Å². The molecule has 0 saturated carbocycles. The number of rotatable bonds is 6. The third kappa shape index (κ3) is 5.09. The Morgan fingerprint density at radius 3 is 2.56 bits per heavy atom. The fraction of sp³-hybridized carbons (Fsp3) is 0.300. The Balaban J connectivity index is 1.62. The van der Waals surface area contributed by atoms with Crippen LogP contribution in [-0.4, -0.2) is 51.1 Å². The Labute approximate surface area is 190 Å². The number of anilines is 1. The second-order valence-corrected chi connectivity index (χ2v) is 9.08. The van der Waals surface area contributed by atoms with E-state index in [4.69, 9.17) is 16.3 Å². The number of aromatic nitrogens is 1. The molecule has 12 heteroatoms. The van der Waals surface area contributed by atoms with Crippen LogP contribution in [0.1, 0.15) is 28.5 Å². The third-order valence-corrected chi connectivity index (χ3v) is 6.27. The number of hydrogen-bond acceptors (Lipinski definition) is 8. The van der Waals surface area contributed by atoms with Crippen molar-refractivity contribution >= 4 is 39.4 Å². The summed E-state index contributed by atoms with van der Waals surface area (Å²) < 4.78 is 31.5. The monoisotopic (exact) mass is 477 g/mol. The van der Waals surface area contributed by atoms with Crippen molar-refractivity contribution in [2.24, 2.45) is 0 Å². The van der Waals surface area contributed by atoms with Gasteiger partial charge in [-0.1, -0.05) is 11.6 Å². The maximum absolute atomic E-state index is 12.3. The number of carbonyl (C=O) groups excluding carboxylic acids is 2. The number of esters is 1. The van der Waals surface area contributed by atoms with E-state index in [1.807, 2.05) is 10.8 Å². The average molecular weight is 478 g/mol. The van der Waals surface area contributed by atoms with Crippen LogP contribution in [0, 0.1) is 18.3 Å². The summed E-state index contributed by atoms with van der Waals surface area (Å²) in [7, 11) is -4.04. The Bertz CT molecular complexity index is 1190. The number of halogens is 1. The molecule has 1 aromatic carbocycles. The second kappa shape index (κ2) is 9.42. The molecule has 0 radical (unpaired) electrons. The molecule has 0 aliphatic carbocycles. The molecule has 1 fully saturated rings. The van der Waals surface area contributed by atoms with E-state index >= 15 is 0 Å². The highest BCUT2D eigenvalue weighted by atomic mass is 35.5. The van der Waals surface area contributed by atoms with Crippen molar-refractivity contribution in [1.29, 1.82) is 5.26 Å². The van der Waals surface area contributed by atoms with Gasteiger partial charge in [0.25, 0.3) is 10.0 Å². The summed E-state index contributed by atoms with van der Waals surface area (Å²) >= 11 is 5.75. The van der Waals surface area contributed by atoms with Gasteiger partial charge in [0.15, 0.2) is 0 Å². The predicted molar refractivity (Wildman–Crippen MR) is 116 cm³/mol. The van der Waals surface area contributed by atoms with E-state index in [1.54, 1.807) is 18.7 Å². The molecule has 2 N–H and O–H groups in total. The van der Waals surface area contributed by atoms with Crippen LogP contribution in [0.4, 0.5) is 10.6 Å². The lowest BCUT2D eigenvalue weighted by Crippen LogP contribution is -2.61. The number of aryl methyl sites for hydroxylation is 1. The third-order valence-electron chi connectivity index (χ3n) is 4.68. The van der Waals surface area contributed by atoms with Gasteiger partial charge >= 0.3 is 12.0 Å². The van der Waals surface area contributed by atoms with E-state index in [2.05, 4.69) is 10.3 Å². The van der Waals surface area contributed by atoms with Gasteiger partial charge in [-0.25, -0.2) is 27.7 Å². The predicted octanol–water partition coefficient (Wildman–Crippen LogP) is 1.97. The van der Waals surface area contributed by atoms with Crippen LogP contribution in [0.3, 0.4) is 0 Å². The van der Waals surface area contributed by atoms with E-state index in [1.165, 1.54) is 30.3 Å². The molecular weight excluding hydrogens is 458 g/mol. The molecule has 1 saturated heterocycles. The number of hydrogen-bond donors (Lipinski definition) is 2. The lowest BCUT2D eigenvalue weighted by atomic mass is 10.1. The Morgan fingerprint density at radius 1 is 1.31 bits per heavy atom. The zero-order chi connectivity index (χ0) is 23.5. The molecule has 0 unspecified atom stereocenters. The molecule has 1 aromatic heterocycles. The number of amides is 2. The summed E-state index contributed by atoms with van der Waals surface area (Å²) in [6.45, 7) is 4.16. The molecule has 2 aromatic rings. The molecule has 3 rings (SSSR count). The number of sulfonamides is 1. The van der Waals surface area contributed by atoms with Gasteiger partial charge < -0.3 is 15.0 Å². The van der Waals surface area contributed by atoms with Crippen LogP contribution in [0.15, 0.2) is 35.2 Å². The lowest BCUT2D eigenvalue weighted by Gasteiger charge is -2.40. The van der Waals surface area contributed by atoms with Gasteiger partial charge in [0.05, 0.1) is 34.4 Å². The van der Waals surface area contributed by atoms with Crippen molar-refractivity contribution in [3.05, 3.63) is 52.2 Å². The van der Waals surface area contributed by atoms with Crippen LogP contribution < -0.4 is 14.9 Å². The second-order valence-electron chi connectivity index (χ2n) is 6.96. The average Bonchev–Trinajstić information content (AvgIpc) is 2.70. The minimum absolute atomic E-state index is 0.0905. The minimum Gasteiger partial charge on any atom is -0.462 e. The number of ether oxygens (including phenoxy) is 1. The number of nitrogens with one attached hydrogen (secondary N) is 2. The number of pyridine rings is 1. The van der Waals surface area contributed by atoms with Crippen molar-refractivity contribution in [2.75, 3.05) is 24.6 Å². The summed E-state index contributed by atoms with van der Waals surface area (Å²) in [4.78, 5) is 30.2. The fourth-order valence-corrected chi connectivity index (χ4v) is 4.13. The smallest absolute Gasteiger partial charge is 0.340 e. The molecule has 0 spiro atoms. The van der Waals surface area contributed by atoms with Crippen LogP contribution in [0.5, 0.6) is 0 Å². The van der Waals surface area contributed by atoms with E-state index in [9.17, 15) is 23.3 Å². The van der Waals surface area contributed by atoms with Gasteiger partial charge in [0, 0.05) is 18.1 Å². The van der Waals surface area contributed by atoms with Gasteiger partial charge in [0.1, 0.15) is 11.9 Å². The summed E-state index contributed by atoms with van der Waals surface area (Å²) in [6, 6.07) is 7.63. The maximum Gasteiger partial charge on any atom is 0.340 e. The normalized spacial score (nSPS) is 13.6. The zero-order valence-electron chi connectivity index (χ0n) is 17.3. The van der Waals surface area contributed by atoms with E-state index < -0.39 is 22.0 Å². The summed E-state index contributed by atoms with van der Waals surface area (Å²) in [5, 5.41) is 12.4. The molecule has 2 amide bonds. The zero-order valence-corrected chi connectivity index (χ0v) is 18.8. The van der Waals surface area contributed by atoms with Crippen molar-refractivity contribution in [1.82, 2.24) is 15.0 Å². The van der Waals surface area contributed by atoms with Crippen molar-refractivity contribution < 1.29 is 22.7 Å². The molecule has 2 heterocycles. The molecule has 10 nitrogen and oxygen atoms in total.